The van der Waals surface area contributed by atoms with E-state index in [1.807, 2.05) is 26.0 Å². The average molecular weight is 487 g/mol. The molecule has 190 valence electrons. The third-order valence-corrected chi connectivity index (χ3v) is 6.09. The largest absolute Gasteiger partial charge is 0.496 e. The summed E-state index contributed by atoms with van der Waals surface area (Å²) in [5, 5.41) is 9.06. The predicted octanol–water partition coefficient (Wildman–Crippen LogP) is 1.55. The fourth-order valence-corrected chi connectivity index (χ4v) is 4.31. The van der Waals surface area contributed by atoms with Gasteiger partial charge >= 0.3 is 0 Å². The number of rotatable bonds is 12. The van der Waals surface area contributed by atoms with Gasteiger partial charge in [0.15, 0.2) is 5.78 Å². The predicted molar refractivity (Wildman–Crippen MR) is 130 cm³/mol. The molecule has 1 aromatic carbocycles. The van der Waals surface area contributed by atoms with E-state index < -0.39 is 23.9 Å². The van der Waals surface area contributed by atoms with Crippen LogP contribution in [0.2, 0.25) is 0 Å². The highest BCUT2D eigenvalue weighted by Crippen LogP contribution is 2.26. The molecule has 1 aromatic heterocycles. The highest BCUT2D eigenvalue weighted by molar-refractivity contribution is 6.02. The van der Waals surface area contributed by atoms with E-state index in [1.54, 1.807) is 19.2 Å². The third-order valence-electron chi connectivity index (χ3n) is 6.09. The molecule has 3 amide bonds. The molecule has 2 heterocycles. The fourth-order valence-electron chi connectivity index (χ4n) is 4.31. The molecule has 0 aliphatic carbocycles. The Hall–Kier alpha value is -3.40. The Morgan fingerprint density at radius 3 is 2.54 bits per heavy atom. The van der Waals surface area contributed by atoms with Gasteiger partial charge in [-0.1, -0.05) is 19.9 Å². The van der Waals surface area contributed by atoms with Gasteiger partial charge in [0.05, 0.1) is 13.2 Å². The number of H-pyrrole nitrogens is 1. The quantitative estimate of drug-likeness (QED) is 0.359. The second-order valence-electron chi connectivity index (χ2n) is 9.23. The molecule has 1 fully saturated rings. The van der Waals surface area contributed by atoms with Crippen LogP contribution in [0.3, 0.4) is 0 Å². The highest BCUT2D eigenvalue weighted by Gasteiger charge is 2.33. The Bertz CT molecular complexity index is 1080. The van der Waals surface area contributed by atoms with Crippen LogP contribution in [0, 0.1) is 11.8 Å². The first-order valence-corrected chi connectivity index (χ1v) is 11.8. The van der Waals surface area contributed by atoms with Crippen LogP contribution < -0.4 is 20.7 Å². The summed E-state index contributed by atoms with van der Waals surface area (Å²) in [7, 11) is 2.96. The Morgan fingerprint density at radius 1 is 1.14 bits per heavy atom. The third kappa shape index (κ3) is 6.60. The van der Waals surface area contributed by atoms with Gasteiger partial charge in [-0.2, -0.15) is 0 Å². The molecule has 0 unspecified atom stereocenters. The molecule has 1 aliphatic heterocycles. The lowest BCUT2D eigenvalue weighted by Crippen LogP contribution is -2.53. The van der Waals surface area contributed by atoms with Gasteiger partial charge in [-0.05, 0) is 43.4 Å². The van der Waals surface area contributed by atoms with Crippen LogP contribution in [-0.4, -0.2) is 67.9 Å². The van der Waals surface area contributed by atoms with Gasteiger partial charge in [-0.15, -0.1) is 0 Å². The van der Waals surface area contributed by atoms with Crippen LogP contribution in [0.25, 0.3) is 10.9 Å². The van der Waals surface area contributed by atoms with Crippen molar-refractivity contribution in [2.24, 2.45) is 11.8 Å². The summed E-state index contributed by atoms with van der Waals surface area (Å²) in [6.07, 6.45) is 1.15. The van der Waals surface area contributed by atoms with Crippen LogP contribution in [0.1, 0.15) is 43.6 Å². The van der Waals surface area contributed by atoms with Gasteiger partial charge in [0.25, 0.3) is 5.91 Å². The number of fused-ring (bicyclic) bond motifs is 1. The maximum atomic E-state index is 13.2. The number of hydrogen-bond acceptors (Lipinski definition) is 6. The molecular weight excluding hydrogens is 452 g/mol. The average Bonchev–Trinajstić information content (AvgIpc) is 3.43. The molecule has 0 bridgehead atoms. The molecule has 10 nitrogen and oxygen atoms in total. The first-order valence-electron chi connectivity index (χ1n) is 11.8. The first-order chi connectivity index (χ1) is 16.7. The summed E-state index contributed by atoms with van der Waals surface area (Å²) in [6, 6.07) is 5.37. The topological polar surface area (TPSA) is 139 Å². The minimum atomic E-state index is -0.889. The van der Waals surface area contributed by atoms with Crippen molar-refractivity contribution in [3.05, 3.63) is 30.0 Å². The number of Topliss-reactive ketones (excluding diaryl/α,β-unsaturated/α-hetero) is 1. The van der Waals surface area contributed by atoms with Crippen LogP contribution in [0.5, 0.6) is 5.75 Å². The Labute approximate surface area is 204 Å². The van der Waals surface area contributed by atoms with E-state index >= 15 is 0 Å². The second-order valence-corrected chi connectivity index (χ2v) is 9.23. The van der Waals surface area contributed by atoms with Crippen molar-refractivity contribution >= 4 is 34.4 Å². The van der Waals surface area contributed by atoms with Crippen molar-refractivity contribution < 1.29 is 28.7 Å². The van der Waals surface area contributed by atoms with Gasteiger partial charge in [0.2, 0.25) is 11.8 Å². The molecule has 0 radical (unpaired) electrons. The van der Waals surface area contributed by atoms with Crippen LogP contribution in [-0.2, 0) is 19.1 Å². The SMILES string of the molecule is COCC(=O)[C@H](C[C@@H]1CCNC1=O)NC(=O)[C@H](CC(C)C)NC(=O)c1cc2c(OC)cccc2[nH]1. The molecule has 2 aromatic rings. The van der Waals surface area contributed by atoms with Crippen LogP contribution >= 0.6 is 0 Å². The minimum absolute atomic E-state index is 0.0996. The Morgan fingerprint density at radius 2 is 1.91 bits per heavy atom. The Balaban J connectivity index is 1.76. The van der Waals surface area contributed by atoms with E-state index in [9.17, 15) is 19.2 Å². The van der Waals surface area contributed by atoms with Crippen molar-refractivity contribution in [1.29, 1.82) is 0 Å². The number of nitrogens with one attached hydrogen (secondary N) is 4. The fraction of sp³-hybridized carbons (Fsp3) is 0.520. The van der Waals surface area contributed by atoms with Crippen LogP contribution in [0.4, 0.5) is 0 Å². The molecule has 10 heteroatoms. The zero-order valence-electron chi connectivity index (χ0n) is 20.6. The summed E-state index contributed by atoms with van der Waals surface area (Å²) in [6.45, 7) is 4.24. The highest BCUT2D eigenvalue weighted by atomic mass is 16.5. The maximum absolute atomic E-state index is 13.2. The summed E-state index contributed by atoms with van der Waals surface area (Å²) in [5.74, 6) is -1.01. The molecule has 35 heavy (non-hydrogen) atoms. The lowest BCUT2D eigenvalue weighted by molar-refractivity contribution is -0.132. The van der Waals surface area contributed by atoms with Crippen molar-refractivity contribution in [3.63, 3.8) is 0 Å². The summed E-state index contributed by atoms with van der Waals surface area (Å²) in [5.41, 5.74) is 1.03. The van der Waals surface area contributed by atoms with Gasteiger partial charge in [-0.3, -0.25) is 19.2 Å². The zero-order chi connectivity index (χ0) is 25.5. The number of ketones is 1. The molecule has 0 spiro atoms. The molecule has 1 saturated heterocycles. The number of amides is 3. The summed E-state index contributed by atoms with van der Waals surface area (Å²) < 4.78 is 10.3. The molecule has 1 aliphatic rings. The second kappa shape index (κ2) is 11.8. The summed E-state index contributed by atoms with van der Waals surface area (Å²) in [4.78, 5) is 54.0. The van der Waals surface area contributed by atoms with Gasteiger partial charge in [-0.25, -0.2) is 0 Å². The monoisotopic (exact) mass is 486 g/mol. The van der Waals surface area contributed by atoms with E-state index in [0.717, 1.165) is 10.9 Å². The normalized spacial score (nSPS) is 17.2. The molecule has 3 atom stereocenters. The Kier molecular flexibility index (Phi) is 8.86. The van der Waals surface area contributed by atoms with Crippen molar-refractivity contribution in [2.45, 2.75) is 45.2 Å². The molecule has 3 rings (SSSR count). The minimum Gasteiger partial charge on any atom is -0.496 e. The van der Waals surface area contributed by atoms with Crippen LogP contribution in [0.15, 0.2) is 24.3 Å². The summed E-state index contributed by atoms with van der Waals surface area (Å²) >= 11 is 0. The number of ether oxygens (including phenoxy) is 2. The van der Waals surface area contributed by atoms with Gasteiger partial charge < -0.3 is 30.4 Å². The molecule has 4 N–H and O–H groups in total. The first kappa shape index (κ1) is 26.2. The standard InChI is InChI=1S/C25H34N4O6/c1-14(2)10-19(29-25(33)20-12-16-17(27-20)6-5-7-22(16)35-4)24(32)28-18(21(30)13-34-3)11-15-8-9-26-23(15)31/h5-7,12,14-15,18-19,27H,8-11,13H2,1-4H3,(H,26,31)(H,28,32)(H,29,33)/t15-,18-,19-/m0/s1. The van der Waals surface area contributed by atoms with Crippen molar-refractivity contribution in [2.75, 3.05) is 27.4 Å². The number of benzene rings is 1. The van der Waals surface area contributed by atoms with Crippen molar-refractivity contribution in [3.8, 4) is 5.75 Å². The van der Waals surface area contributed by atoms with Gasteiger partial charge in [0.1, 0.15) is 24.1 Å². The lowest BCUT2D eigenvalue weighted by atomic mass is 9.95. The lowest BCUT2D eigenvalue weighted by Gasteiger charge is -2.25. The zero-order valence-corrected chi connectivity index (χ0v) is 20.6. The van der Waals surface area contributed by atoms with E-state index in [1.165, 1.54) is 7.11 Å². The molecular formula is C25H34N4O6. The number of hydrogen-bond donors (Lipinski definition) is 4. The van der Waals surface area contributed by atoms with Gasteiger partial charge in [0, 0.05) is 30.5 Å². The number of carbonyl (C=O) groups excluding carboxylic acids is 4. The number of aromatic amines is 1. The maximum Gasteiger partial charge on any atom is 0.268 e. The van der Waals surface area contributed by atoms with Crippen molar-refractivity contribution in [1.82, 2.24) is 20.9 Å². The van der Waals surface area contributed by atoms with E-state index in [4.69, 9.17) is 9.47 Å². The smallest absolute Gasteiger partial charge is 0.268 e. The van der Waals surface area contributed by atoms with E-state index in [0.29, 0.717) is 30.8 Å². The molecule has 0 saturated carbocycles. The number of methoxy groups -OCH3 is 2. The van der Waals surface area contributed by atoms with E-state index in [-0.39, 0.29) is 36.6 Å². The number of aromatic nitrogens is 1. The number of carbonyl (C=O) groups is 4. The van der Waals surface area contributed by atoms with E-state index in [2.05, 4.69) is 20.9 Å².